The Balaban J connectivity index is 2.14. The molecule has 0 bridgehead atoms. The lowest BCUT2D eigenvalue weighted by Gasteiger charge is -2.29. The molecule has 1 aliphatic rings. The van der Waals surface area contributed by atoms with Gasteiger partial charge in [0.25, 0.3) is 0 Å². The summed E-state index contributed by atoms with van der Waals surface area (Å²) < 4.78 is 10.5. The first-order valence-corrected chi connectivity index (χ1v) is 8.19. The third-order valence-electron chi connectivity index (χ3n) is 3.97. The van der Waals surface area contributed by atoms with Gasteiger partial charge in [-0.3, -0.25) is 0 Å². The van der Waals surface area contributed by atoms with E-state index in [9.17, 15) is 9.59 Å². The highest BCUT2D eigenvalue weighted by molar-refractivity contribution is 5.80. The van der Waals surface area contributed by atoms with Gasteiger partial charge in [-0.25, -0.2) is 4.79 Å². The molecule has 0 aromatic heterocycles. The zero-order chi connectivity index (χ0) is 18.0. The number of nitrogens with one attached hydrogen (secondary N) is 1. The SMILES string of the molecule is Cc1ccccc1CNC(=O)[N+]1(C(=O)OC(C)(C)C)CO[C@H](C)C1. The molecule has 0 spiro atoms. The maximum atomic E-state index is 12.8. The number of aryl methyl sites for hydroxylation is 1. The highest BCUT2D eigenvalue weighted by Gasteiger charge is 2.53. The van der Waals surface area contributed by atoms with Crippen molar-refractivity contribution in [3.05, 3.63) is 35.4 Å². The van der Waals surface area contributed by atoms with Crippen LogP contribution in [0.3, 0.4) is 0 Å². The van der Waals surface area contributed by atoms with Gasteiger partial charge in [-0.15, -0.1) is 4.48 Å². The van der Waals surface area contributed by atoms with Gasteiger partial charge in [-0.1, -0.05) is 24.3 Å². The number of carbonyl (C=O) groups is 2. The van der Waals surface area contributed by atoms with E-state index in [2.05, 4.69) is 5.32 Å². The Morgan fingerprint density at radius 2 is 2.00 bits per heavy atom. The van der Waals surface area contributed by atoms with Gasteiger partial charge in [0, 0.05) is 6.54 Å². The Morgan fingerprint density at radius 1 is 1.33 bits per heavy atom. The smallest absolute Gasteiger partial charge is 0.414 e. The van der Waals surface area contributed by atoms with Crippen LogP contribution in [-0.2, 0) is 16.0 Å². The van der Waals surface area contributed by atoms with Crippen LogP contribution in [0, 0.1) is 6.92 Å². The third-order valence-corrected chi connectivity index (χ3v) is 3.97. The fourth-order valence-electron chi connectivity index (χ4n) is 2.63. The van der Waals surface area contributed by atoms with Gasteiger partial charge in [0.2, 0.25) is 6.73 Å². The quantitative estimate of drug-likeness (QED) is 0.842. The number of hydrogen-bond acceptors (Lipinski definition) is 4. The van der Waals surface area contributed by atoms with E-state index in [0.29, 0.717) is 6.54 Å². The van der Waals surface area contributed by atoms with Crippen LogP contribution < -0.4 is 5.32 Å². The molecule has 132 valence electrons. The van der Waals surface area contributed by atoms with Gasteiger partial charge in [-0.2, -0.15) is 4.79 Å². The number of amides is 3. The summed E-state index contributed by atoms with van der Waals surface area (Å²) in [4.78, 5) is 25.5. The summed E-state index contributed by atoms with van der Waals surface area (Å²) in [5.74, 6) is 0. The first kappa shape index (κ1) is 18.4. The van der Waals surface area contributed by atoms with Crippen molar-refractivity contribution in [2.75, 3.05) is 13.3 Å². The predicted octanol–water partition coefficient (Wildman–Crippen LogP) is 3.33. The van der Waals surface area contributed by atoms with Crippen molar-refractivity contribution >= 4 is 12.1 Å². The van der Waals surface area contributed by atoms with Gasteiger partial charge < -0.3 is 14.8 Å². The van der Waals surface area contributed by atoms with E-state index in [1.807, 2.05) is 38.1 Å². The molecule has 1 saturated heterocycles. The fourth-order valence-corrected chi connectivity index (χ4v) is 2.63. The van der Waals surface area contributed by atoms with E-state index in [4.69, 9.17) is 9.47 Å². The molecule has 2 rings (SSSR count). The number of ether oxygens (including phenoxy) is 2. The zero-order valence-electron chi connectivity index (χ0n) is 15.1. The van der Waals surface area contributed by atoms with Crippen LogP contribution in [0.1, 0.15) is 38.8 Å². The average Bonchev–Trinajstić information content (AvgIpc) is 2.88. The summed E-state index contributed by atoms with van der Waals surface area (Å²) >= 11 is 0. The van der Waals surface area contributed by atoms with Gasteiger partial charge in [0.05, 0.1) is 0 Å². The summed E-state index contributed by atoms with van der Waals surface area (Å²) in [7, 11) is 0. The molecule has 1 fully saturated rings. The van der Waals surface area contributed by atoms with Crippen LogP contribution in [0.25, 0.3) is 0 Å². The van der Waals surface area contributed by atoms with Crippen LogP contribution in [0.5, 0.6) is 0 Å². The van der Waals surface area contributed by atoms with E-state index in [0.717, 1.165) is 11.1 Å². The summed E-state index contributed by atoms with van der Waals surface area (Å²) in [5, 5.41) is 2.86. The molecule has 0 aliphatic carbocycles. The third kappa shape index (κ3) is 4.13. The average molecular weight is 335 g/mol. The number of quaternary nitrogens is 1. The Hall–Kier alpha value is -1.92. The van der Waals surface area contributed by atoms with Crippen molar-refractivity contribution in [1.29, 1.82) is 0 Å². The molecule has 1 aromatic carbocycles. The van der Waals surface area contributed by atoms with Crippen LogP contribution in [0.4, 0.5) is 9.59 Å². The molecule has 6 nitrogen and oxygen atoms in total. The Labute approximate surface area is 143 Å². The van der Waals surface area contributed by atoms with E-state index in [1.54, 1.807) is 20.8 Å². The number of urea groups is 1. The molecule has 6 heteroatoms. The first-order valence-electron chi connectivity index (χ1n) is 8.19. The molecule has 3 amide bonds. The minimum absolute atomic E-state index is 0.00428. The zero-order valence-corrected chi connectivity index (χ0v) is 15.1. The van der Waals surface area contributed by atoms with Crippen molar-refractivity contribution in [2.45, 2.75) is 52.9 Å². The number of rotatable bonds is 2. The summed E-state index contributed by atoms with van der Waals surface area (Å²) in [6.45, 7) is 9.82. The molecule has 0 saturated carbocycles. The van der Waals surface area contributed by atoms with Crippen LogP contribution in [0.15, 0.2) is 24.3 Å². The highest BCUT2D eigenvalue weighted by atomic mass is 16.6. The fraction of sp³-hybridized carbons (Fsp3) is 0.556. The molecule has 1 heterocycles. The molecule has 1 unspecified atom stereocenters. The number of imide groups is 1. The normalized spacial score (nSPS) is 23.8. The molecule has 1 aliphatic heterocycles. The van der Waals surface area contributed by atoms with E-state index in [-0.39, 0.29) is 19.4 Å². The maximum absolute atomic E-state index is 12.8. The van der Waals surface area contributed by atoms with Crippen molar-refractivity contribution in [3.8, 4) is 0 Å². The van der Waals surface area contributed by atoms with Gasteiger partial charge in [0.1, 0.15) is 18.2 Å². The van der Waals surface area contributed by atoms with Gasteiger partial charge in [0.15, 0.2) is 0 Å². The van der Waals surface area contributed by atoms with E-state index < -0.39 is 22.2 Å². The topological polar surface area (TPSA) is 64.6 Å². The van der Waals surface area contributed by atoms with Gasteiger partial charge >= 0.3 is 12.1 Å². The summed E-state index contributed by atoms with van der Waals surface area (Å²) in [6, 6.07) is 7.42. The highest BCUT2D eigenvalue weighted by Crippen LogP contribution is 2.24. The lowest BCUT2D eigenvalue weighted by atomic mass is 10.1. The van der Waals surface area contributed by atoms with Gasteiger partial charge in [-0.05, 0) is 45.7 Å². The number of carbonyl (C=O) groups excluding carboxylic acids is 2. The van der Waals surface area contributed by atoms with Crippen molar-refractivity contribution in [3.63, 3.8) is 0 Å². The van der Waals surface area contributed by atoms with E-state index >= 15 is 0 Å². The predicted molar refractivity (Wildman–Crippen MR) is 90.2 cm³/mol. The standard InChI is InChI=1S/C18H26N2O4/c1-13-8-6-7-9-15(13)10-19-16(21)20(11-14(2)23-12-20)17(22)24-18(3,4)5/h6-9,14H,10-12H2,1-5H3/p+1/t14-,20?/m1/s1. The minimum atomic E-state index is -0.662. The Bertz CT molecular complexity index is 624. The molecule has 1 aromatic rings. The largest absolute Gasteiger partial charge is 0.527 e. The minimum Gasteiger partial charge on any atom is -0.414 e. The maximum Gasteiger partial charge on any atom is 0.527 e. The van der Waals surface area contributed by atoms with Crippen molar-refractivity contribution in [2.24, 2.45) is 0 Å². The Morgan fingerprint density at radius 3 is 2.54 bits per heavy atom. The molecule has 0 radical (unpaired) electrons. The second kappa shape index (κ2) is 6.91. The second-order valence-corrected chi connectivity index (χ2v) is 7.32. The molecule has 1 N–H and O–H groups in total. The first-order chi connectivity index (χ1) is 11.1. The number of hydrogen-bond donors (Lipinski definition) is 1. The summed E-state index contributed by atoms with van der Waals surface area (Å²) in [5.41, 5.74) is 1.44. The lowest BCUT2D eigenvalue weighted by Crippen LogP contribution is -2.60. The Kier molecular flexibility index (Phi) is 5.30. The monoisotopic (exact) mass is 335 g/mol. The molecule has 2 atom stereocenters. The van der Waals surface area contributed by atoms with Crippen molar-refractivity contribution < 1.29 is 23.5 Å². The van der Waals surface area contributed by atoms with Crippen LogP contribution in [-0.4, -0.2) is 41.6 Å². The summed E-state index contributed by atoms with van der Waals surface area (Å²) in [6.07, 6.45) is -0.754. The lowest BCUT2D eigenvalue weighted by molar-refractivity contribution is -0.776. The molecular formula is C18H27N2O4+. The van der Waals surface area contributed by atoms with Crippen LogP contribution in [0.2, 0.25) is 0 Å². The molecule has 24 heavy (non-hydrogen) atoms. The number of nitrogens with zero attached hydrogens (tertiary/aromatic N) is 1. The second-order valence-electron chi connectivity index (χ2n) is 7.32. The van der Waals surface area contributed by atoms with Crippen LogP contribution >= 0.6 is 0 Å². The molecular weight excluding hydrogens is 308 g/mol. The van der Waals surface area contributed by atoms with Crippen molar-refractivity contribution in [1.82, 2.24) is 5.32 Å². The van der Waals surface area contributed by atoms with E-state index in [1.165, 1.54) is 0 Å². The number of benzene rings is 1.